The van der Waals surface area contributed by atoms with Gasteiger partial charge < -0.3 is 15.5 Å². The molecule has 0 aliphatic heterocycles. The second kappa shape index (κ2) is 12.4. The zero-order valence-corrected chi connectivity index (χ0v) is 23.4. The van der Waals surface area contributed by atoms with E-state index in [4.69, 9.17) is 5.10 Å². The molecule has 0 aliphatic carbocycles. The van der Waals surface area contributed by atoms with E-state index in [2.05, 4.69) is 23.6 Å². The minimum Gasteiger partial charge on any atom is -0.315 e. The quantitative estimate of drug-likeness (QED) is 0.252. The molecule has 3 amide bonds. The molecule has 0 atom stereocenters. The third-order valence-corrected chi connectivity index (χ3v) is 6.42. The van der Waals surface area contributed by atoms with Crippen LogP contribution < -0.4 is 10.6 Å². The highest BCUT2D eigenvalue weighted by Crippen LogP contribution is 2.26. The summed E-state index contributed by atoms with van der Waals surface area (Å²) >= 11 is 0. The predicted octanol–water partition coefficient (Wildman–Crippen LogP) is 6.85. The molecule has 4 rings (SSSR count). The molecule has 0 unspecified atom stereocenters. The first kappa shape index (κ1) is 27.6. The predicted molar refractivity (Wildman–Crippen MR) is 158 cm³/mol. The van der Waals surface area contributed by atoms with Gasteiger partial charge >= 0.3 is 6.03 Å². The van der Waals surface area contributed by atoms with E-state index >= 15 is 0 Å². The molecule has 0 saturated heterocycles. The van der Waals surface area contributed by atoms with Crippen LogP contribution in [0.15, 0.2) is 78.9 Å². The van der Waals surface area contributed by atoms with Gasteiger partial charge in [0.05, 0.1) is 11.4 Å². The third kappa shape index (κ3) is 7.13. The Morgan fingerprint density at radius 3 is 2.38 bits per heavy atom. The summed E-state index contributed by atoms with van der Waals surface area (Å²) in [7, 11) is 0. The van der Waals surface area contributed by atoms with Crippen LogP contribution in [0.2, 0.25) is 0 Å². The second-order valence-corrected chi connectivity index (χ2v) is 10.3. The van der Waals surface area contributed by atoms with E-state index in [9.17, 15) is 9.59 Å². The average Bonchev–Trinajstić information content (AvgIpc) is 3.31. The van der Waals surface area contributed by atoms with Crippen LogP contribution in [-0.2, 0) is 11.2 Å². The van der Waals surface area contributed by atoms with Crippen molar-refractivity contribution in [2.75, 3.05) is 23.7 Å². The molecule has 202 valence electrons. The summed E-state index contributed by atoms with van der Waals surface area (Å²) in [5.74, 6) is 0.445. The van der Waals surface area contributed by atoms with Crippen LogP contribution in [0.1, 0.15) is 37.5 Å². The van der Waals surface area contributed by atoms with Crippen molar-refractivity contribution in [2.24, 2.45) is 5.92 Å². The smallest absolute Gasteiger partial charge is 0.315 e. The van der Waals surface area contributed by atoms with E-state index in [-0.39, 0.29) is 24.4 Å². The van der Waals surface area contributed by atoms with Crippen LogP contribution in [0.5, 0.6) is 0 Å². The van der Waals surface area contributed by atoms with Crippen molar-refractivity contribution in [2.45, 2.75) is 41.0 Å². The van der Waals surface area contributed by atoms with Crippen LogP contribution in [0, 0.1) is 19.8 Å². The van der Waals surface area contributed by atoms with Gasteiger partial charge in [-0.3, -0.25) is 4.79 Å². The number of aromatic nitrogens is 2. The molecule has 4 aromatic rings. The highest BCUT2D eigenvalue weighted by Gasteiger charge is 2.21. The summed E-state index contributed by atoms with van der Waals surface area (Å²) in [5.41, 5.74) is 6.62. The first-order chi connectivity index (χ1) is 18.7. The Balaban J connectivity index is 1.58. The van der Waals surface area contributed by atoms with Gasteiger partial charge in [0.1, 0.15) is 12.4 Å². The first-order valence-electron chi connectivity index (χ1n) is 13.4. The topological polar surface area (TPSA) is 79.3 Å². The Hall–Kier alpha value is -4.39. The number of carbonyl (C=O) groups excluding carboxylic acids is 2. The van der Waals surface area contributed by atoms with Crippen molar-refractivity contribution in [3.05, 3.63) is 95.6 Å². The van der Waals surface area contributed by atoms with Gasteiger partial charge in [-0.25, -0.2) is 9.48 Å². The molecular weight excluding hydrogens is 486 g/mol. The molecule has 3 aromatic carbocycles. The second-order valence-electron chi connectivity index (χ2n) is 10.3. The first-order valence-corrected chi connectivity index (χ1v) is 13.4. The van der Waals surface area contributed by atoms with E-state index in [0.29, 0.717) is 18.1 Å². The Morgan fingerprint density at radius 2 is 1.69 bits per heavy atom. The highest BCUT2D eigenvalue weighted by atomic mass is 16.2. The van der Waals surface area contributed by atoms with E-state index < -0.39 is 0 Å². The van der Waals surface area contributed by atoms with Crippen molar-refractivity contribution in [1.29, 1.82) is 0 Å². The minimum atomic E-state index is -0.306. The fourth-order valence-electron chi connectivity index (χ4n) is 4.53. The number of amides is 3. The summed E-state index contributed by atoms with van der Waals surface area (Å²) in [6.45, 7) is 10.6. The molecule has 0 bridgehead atoms. The van der Waals surface area contributed by atoms with Crippen molar-refractivity contribution < 1.29 is 9.59 Å². The van der Waals surface area contributed by atoms with Gasteiger partial charge in [0, 0.05) is 23.9 Å². The van der Waals surface area contributed by atoms with Crippen LogP contribution in [0.4, 0.5) is 16.3 Å². The number of aryl methyl sites for hydroxylation is 3. The van der Waals surface area contributed by atoms with E-state index in [1.165, 1.54) is 0 Å². The number of nitrogens with zero attached hydrogens (tertiary/aromatic N) is 3. The molecule has 0 aliphatic rings. The monoisotopic (exact) mass is 523 g/mol. The summed E-state index contributed by atoms with van der Waals surface area (Å²) in [6.07, 6.45) is 0.876. The fourth-order valence-corrected chi connectivity index (χ4v) is 4.53. The van der Waals surface area contributed by atoms with E-state index in [1.807, 2.05) is 100 Å². The van der Waals surface area contributed by atoms with E-state index in [1.54, 1.807) is 9.58 Å². The average molecular weight is 524 g/mol. The molecule has 0 saturated carbocycles. The van der Waals surface area contributed by atoms with E-state index in [0.717, 1.165) is 40.1 Å². The standard InChI is InChI=1S/C32H37N5O2/c1-6-25-11-10-14-27(18-25)33-32(39)36(20-22(2)3)21-31(38)34-30-19-28(26-12-8-7-9-13-26)35-37(30)29-16-15-23(4)17-24(29)5/h7-19,22H,6,20-21H2,1-5H3,(H,33,39)(H,34,38). The Morgan fingerprint density at radius 1 is 0.923 bits per heavy atom. The molecule has 39 heavy (non-hydrogen) atoms. The molecular formula is C32H37N5O2. The zero-order chi connectivity index (χ0) is 27.9. The minimum absolute atomic E-state index is 0.0871. The number of rotatable bonds is 9. The Kier molecular flexibility index (Phi) is 8.81. The number of benzene rings is 3. The number of urea groups is 1. The summed E-state index contributed by atoms with van der Waals surface area (Å²) in [4.78, 5) is 28.1. The van der Waals surface area contributed by atoms with Gasteiger partial charge in [-0.2, -0.15) is 5.10 Å². The SMILES string of the molecule is CCc1cccc(NC(=O)N(CC(=O)Nc2cc(-c3ccccc3)nn2-c2ccc(C)cc2C)CC(C)C)c1. The third-order valence-electron chi connectivity index (χ3n) is 6.42. The molecule has 0 radical (unpaired) electrons. The number of carbonyl (C=O) groups is 2. The lowest BCUT2D eigenvalue weighted by molar-refractivity contribution is -0.116. The lowest BCUT2D eigenvalue weighted by Gasteiger charge is -2.24. The number of anilines is 2. The molecule has 1 aromatic heterocycles. The highest BCUT2D eigenvalue weighted by molar-refractivity contribution is 5.97. The summed E-state index contributed by atoms with van der Waals surface area (Å²) in [6, 6.07) is 25.3. The van der Waals surface area contributed by atoms with Crippen molar-refractivity contribution in [3.63, 3.8) is 0 Å². The fraction of sp³-hybridized carbons (Fsp3) is 0.281. The van der Waals surface area contributed by atoms with Gasteiger partial charge in [-0.15, -0.1) is 0 Å². The Bertz CT molecular complexity index is 1440. The lowest BCUT2D eigenvalue weighted by atomic mass is 10.1. The molecule has 7 heteroatoms. The largest absolute Gasteiger partial charge is 0.322 e. The summed E-state index contributed by atoms with van der Waals surface area (Å²) in [5, 5.41) is 10.8. The molecule has 0 spiro atoms. The van der Waals surface area contributed by atoms with Crippen LogP contribution >= 0.6 is 0 Å². The van der Waals surface area contributed by atoms with Gasteiger partial charge in [0.2, 0.25) is 5.91 Å². The maximum absolute atomic E-state index is 13.4. The van der Waals surface area contributed by atoms with Crippen LogP contribution in [0.25, 0.3) is 16.9 Å². The molecule has 2 N–H and O–H groups in total. The van der Waals surface area contributed by atoms with Crippen LogP contribution in [-0.4, -0.2) is 39.7 Å². The molecule has 1 heterocycles. The van der Waals surface area contributed by atoms with Crippen molar-refractivity contribution >= 4 is 23.4 Å². The van der Waals surface area contributed by atoms with Crippen LogP contribution in [0.3, 0.4) is 0 Å². The Labute approximate surface area is 230 Å². The molecule has 0 fully saturated rings. The lowest BCUT2D eigenvalue weighted by Crippen LogP contribution is -2.42. The normalized spacial score (nSPS) is 10.9. The zero-order valence-electron chi connectivity index (χ0n) is 23.4. The number of hydrogen-bond donors (Lipinski definition) is 2. The van der Waals surface area contributed by atoms with Gasteiger partial charge in [-0.05, 0) is 55.5 Å². The maximum Gasteiger partial charge on any atom is 0.322 e. The summed E-state index contributed by atoms with van der Waals surface area (Å²) < 4.78 is 1.76. The maximum atomic E-state index is 13.4. The van der Waals surface area contributed by atoms with Crippen molar-refractivity contribution in [1.82, 2.24) is 14.7 Å². The van der Waals surface area contributed by atoms with Gasteiger partial charge in [0.15, 0.2) is 0 Å². The number of hydrogen-bond acceptors (Lipinski definition) is 3. The number of nitrogens with one attached hydrogen (secondary N) is 2. The molecule has 7 nitrogen and oxygen atoms in total. The van der Waals surface area contributed by atoms with Crippen molar-refractivity contribution in [3.8, 4) is 16.9 Å². The van der Waals surface area contributed by atoms with Gasteiger partial charge in [-0.1, -0.05) is 80.9 Å². The van der Waals surface area contributed by atoms with Gasteiger partial charge in [0.25, 0.3) is 0 Å².